The van der Waals surface area contributed by atoms with Crippen LogP contribution in [0, 0.1) is 0 Å². The Morgan fingerprint density at radius 2 is 2.10 bits per heavy atom. The smallest absolute Gasteiger partial charge is 0.261 e. The van der Waals surface area contributed by atoms with Crippen LogP contribution in [-0.2, 0) is 0 Å². The largest absolute Gasteiger partial charge is 0.507 e. The fourth-order valence-corrected chi connectivity index (χ4v) is 3.11. The van der Waals surface area contributed by atoms with Crippen molar-refractivity contribution in [2.45, 2.75) is 0 Å². The van der Waals surface area contributed by atoms with Gasteiger partial charge in [-0.15, -0.1) is 0 Å². The maximum Gasteiger partial charge on any atom is 0.261 e. The third-order valence-corrected chi connectivity index (χ3v) is 4.26. The summed E-state index contributed by atoms with van der Waals surface area (Å²) in [5, 5.41) is 12.9. The van der Waals surface area contributed by atoms with Gasteiger partial charge in [-0.25, -0.2) is 4.98 Å². The van der Waals surface area contributed by atoms with Gasteiger partial charge in [0.05, 0.1) is 15.8 Å². The van der Waals surface area contributed by atoms with E-state index in [9.17, 15) is 9.90 Å². The molecule has 5 nitrogen and oxygen atoms in total. The van der Waals surface area contributed by atoms with E-state index in [1.807, 2.05) is 0 Å². The molecule has 0 fully saturated rings. The van der Waals surface area contributed by atoms with Gasteiger partial charge in [-0.1, -0.05) is 27.3 Å². The highest BCUT2D eigenvalue weighted by Crippen LogP contribution is 2.29. The number of phenolic OH excluding ortho intramolecular Hbond substituents is 1. The molecule has 0 saturated heterocycles. The molecule has 4 N–H and O–H groups in total. The minimum atomic E-state index is -0.410. The zero-order valence-electron chi connectivity index (χ0n) is 10.6. The monoisotopic (exact) mass is 363 g/mol. The number of aromatic hydroxyl groups is 1. The number of carbonyl (C=O) groups excluding carboxylic acids is 1. The highest BCUT2D eigenvalue weighted by atomic mass is 79.9. The van der Waals surface area contributed by atoms with Gasteiger partial charge in [0.2, 0.25) is 0 Å². The third-order valence-electron chi connectivity index (χ3n) is 2.84. The number of thiazole rings is 1. The first kappa shape index (κ1) is 13.8. The molecule has 7 heteroatoms. The van der Waals surface area contributed by atoms with Crippen LogP contribution >= 0.6 is 27.3 Å². The van der Waals surface area contributed by atoms with Gasteiger partial charge in [-0.05, 0) is 36.4 Å². The lowest BCUT2D eigenvalue weighted by atomic mass is 10.2. The Balaban J connectivity index is 1.89. The Kier molecular flexibility index (Phi) is 3.52. The second-order valence-electron chi connectivity index (χ2n) is 4.36. The number of anilines is 2. The van der Waals surface area contributed by atoms with E-state index in [1.54, 1.807) is 30.3 Å². The number of halogens is 1. The van der Waals surface area contributed by atoms with Crippen molar-refractivity contribution in [3.8, 4) is 5.75 Å². The van der Waals surface area contributed by atoms with Gasteiger partial charge < -0.3 is 10.8 Å². The molecule has 1 aromatic heterocycles. The number of nitrogens with one attached hydrogen (secondary N) is 1. The predicted octanol–water partition coefficient (Wildman–Crippen LogP) is 3.60. The third kappa shape index (κ3) is 2.84. The predicted molar refractivity (Wildman–Crippen MR) is 87.8 cm³/mol. The standard InChI is InChI=1S/C14H10BrN3O2S/c15-7-1-3-9(11(19)5-7)13(20)18-14-17-10-4-2-8(16)6-12(10)21-14/h1-6,19H,16H2,(H,17,18,20). The van der Waals surface area contributed by atoms with E-state index in [2.05, 4.69) is 26.2 Å². The maximum atomic E-state index is 12.1. The molecule has 3 rings (SSSR count). The van der Waals surface area contributed by atoms with Gasteiger partial charge in [0.1, 0.15) is 5.75 Å². The number of hydrogen-bond acceptors (Lipinski definition) is 5. The number of carbonyl (C=O) groups is 1. The van der Waals surface area contributed by atoms with E-state index in [0.717, 1.165) is 10.2 Å². The number of benzene rings is 2. The number of nitrogens with zero attached hydrogens (tertiary/aromatic N) is 1. The molecule has 2 aromatic carbocycles. The van der Waals surface area contributed by atoms with E-state index in [0.29, 0.717) is 15.3 Å². The lowest BCUT2D eigenvalue weighted by molar-refractivity contribution is 0.102. The van der Waals surface area contributed by atoms with Gasteiger partial charge in [0.25, 0.3) is 5.91 Å². The van der Waals surface area contributed by atoms with Gasteiger partial charge in [0, 0.05) is 10.2 Å². The molecule has 0 radical (unpaired) electrons. The minimum Gasteiger partial charge on any atom is -0.507 e. The summed E-state index contributed by atoms with van der Waals surface area (Å²) >= 11 is 4.56. The molecular weight excluding hydrogens is 354 g/mol. The summed E-state index contributed by atoms with van der Waals surface area (Å²) in [7, 11) is 0. The van der Waals surface area contributed by atoms with Crippen LogP contribution in [0.4, 0.5) is 10.8 Å². The molecular formula is C14H10BrN3O2S. The summed E-state index contributed by atoms with van der Waals surface area (Å²) < 4.78 is 1.59. The topological polar surface area (TPSA) is 88.2 Å². The number of nitrogen functional groups attached to an aromatic ring is 1. The first-order valence-corrected chi connectivity index (χ1v) is 7.60. The summed E-state index contributed by atoms with van der Waals surface area (Å²) in [6.07, 6.45) is 0. The molecule has 21 heavy (non-hydrogen) atoms. The van der Waals surface area contributed by atoms with Gasteiger partial charge in [-0.3, -0.25) is 10.1 Å². The number of rotatable bonds is 2. The maximum absolute atomic E-state index is 12.1. The normalized spacial score (nSPS) is 10.7. The Bertz CT molecular complexity index is 847. The van der Waals surface area contributed by atoms with E-state index < -0.39 is 5.91 Å². The molecule has 0 spiro atoms. The summed E-state index contributed by atoms with van der Waals surface area (Å²) in [5.74, 6) is -0.501. The van der Waals surface area contributed by atoms with E-state index in [-0.39, 0.29) is 11.3 Å². The lowest BCUT2D eigenvalue weighted by Gasteiger charge is -2.04. The van der Waals surface area contributed by atoms with Crippen LogP contribution in [0.3, 0.4) is 0 Å². The fourth-order valence-electron chi connectivity index (χ4n) is 1.86. The molecule has 0 unspecified atom stereocenters. The van der Waals surface area contributed by atoms with Crippen molar-refractivity contribution in [2.75, 3.05) is 11.1 Å². The molecule has 3 aromatic rings. The van der Waals surface area contributed by atoms with Crippen molar-refractivity contribution < 1.29 is 9.90 Å². The second-order valence-corrected chi connectivity index (χ2v) is 6.31. The van der Waals surface area contributed by atoms with Crippen molar-refractivity contribution in [1.82, 2.24) is 4.98 Å². The Morgan fingerprint density at radius 3 is 2.86 bits per heavy atom. The molecule has 0 bridgehead atoms. The minimum absolute atomic E-state index is 0.0905. The molecule has 106 valence electrons. The number of phenols is 1. The van der Waals surface area contributed by atoms with Gasteiger partial charge in [-0.2, -0.15) is 0 Å². The first-order chi connectivity index (χ1) is 10.0. The van der Waals surface area contributed by atoms with Crippen molar-refractivity contribution in [2.24, 2.45) is 0 Å². The summed E-state index contributed by atoms with van der Waals surface area (Å²) in [6, 6.07) is 10.1. The number of fused-ring (bicyclic) bond motifs is 1. The quantitative estimate of drug-likeness (QED) is 0.607. The summed E-state index contributed by atoms with van der Waals surface area (Å²) in [6.45, 7) is 0. The first-order valence-electron chi connectivity index (χ1n) is 5.99. The van der Waals surface area contributed by atoms with Gasteiger partial charge >= 0.3 is 0 Å². The fraction of sp³-hybridized carbons (Fsp3) is 0. The average molecular weight is 364 g/mol. The molecule has 0 saturated carbocycles. The SMILES string of the molecule is Nc1ccc2nc(NC(=O)c3ccc(Br)cc3O)sc2c1. The van der Waals surface area contributed by atoms with Crippen molar-refractivity contribution >= 4 is 54.2 Å². The van der Waals surface area contributed by atoms with Crippen LogP contribution in [-0.4, -0.2) is 16.0 Å². The van der Waals surface area contributed by atoms with Crippen LogP contribution in [0.2, 0.25) is 0 Å². The van der Waals surface area contributed by atoms with Crippen molar-refractivity contribution in [1.29, 1.82) is 0 Å². The number of nitrogens with two attached hydrogens (primary N) is 1. The van der Waals surface area contributed by atoms with E-state index in [1.165, 1.54) is 17.4 Å². The van der Waals surface area contributed by atoms with Crippen LogP contribution in [0.15, 0.2) is 40.9 Å². The van der Waals surface area contributed by atoms with Crippen LogP contribution < -0.4 is 11.1 Å². The van der Waals surface area contributed by atoms with Crippen LogP contribution in [0.1, 0.15) is 10.4 Å². The molecule has 0 aliphatic rings. The summed E-state index contributed by atoms with van der Waals surface area (Å²) in [4.78, 5) is 16.5. The van der Waals surface area contributed by atoms with Crippen LogP contribution in [0.25, 0.3) is 10.2 Å². The molecule has 0 aliphatic heterocycles. The molecule has 1 heterocycles. The second kappa shape index (κ2) is 5.34. The molecule has 0 atom stereocenters. The zero-order chi connectivity index (χ0) is 15.0. The number of amides is 1. The number of aromatic nitrogens is 1. The number of hydrogen-bond donors (Lipinski definition) is 3. The Labute approximate surface area is 132 Å². The average Bonchev–Trinajstić information content (AvgIpc) is 2.79. The van der Waals surface area contributed by atoms with E-state index in [4.69, 9.17) is 5.73 Å². The van der Waals surface area contributed by atoms with E-state index >= 15 is 0 Å². The van der Waals surface area contributed by atoms with Crippen molar-refractivity contribution in [3.05, 3.63) is 46.4 Å². The molecule has 1 amide bonds. The highest BCUT2D eigenvalue weighted by Gasteiger charge is 2.14. The zero-order valence-corrected chi connectivity index (χ0v) is 13.0. The highest BCUT2D eigenvalue weighted by molar-refractivity contribution is 9.10. The van der Waals surface area contributed by atoms with Gasteiger partial charge in [0.15, 0.2) is 5.13 Å². The molecule has 0 aliphatic carbocycles. The van der Waals surface area contributed by atoms with Crippen molar-refractivity contribution in [3.63, 3.8) is 0 Å². The lowest BCUT2D eigenvalue weighted by Crippen LogP contribution is -2.11. The van der Waals surface area contributed by atoms with Crippen LogP contribution in [0.5, 0.6) is 5.75 Å². The summed E-state index contributed by atoms with van der Waals surface area (Å²) in [5.41, 5.74) is 7.32. The Hall–Kier alpha value is -2.12. The Morgan fingerprint density at radius 1 is 1.29 bits per heavy atom.